The minimum atomic E-state index is -0.206. The van der Waals surface area contributed by atoms with Crippen LogP contribution in [0.15, 0.2) is 54.3 Å². The number of nitrogens with zero attached hydrogens (tertiary/aromatic N) is 2. The summed E-state index contributed by atoms with van der Waals surface area (Å²) in [6.07, 6.45) is 8.08. The van der Waals surface area contributed by atoms with Crippen LogP contribution in [0.5, 0.6) is 0 Å². The second kappa shape index (κ2) is 6.53. The van der Waals surface area contributed by atoms with E-state index in [1.165, 1.54) is 29.9 Å². The molecule has 1 aliphatic rings. The highest BCUT2D eigenvalue weighted by molar-refractivity contribution is 7.10. The van der Waals surface area contributed by atoms with Gasteiger partial charge in [-0.25, -0.2) is 4.98 Å². The van der Waals surface area contributed by atoms with Crippen LogP contribution in [0.3, 0.4) is 0 Å². The van der Waals surface area contributed by atoms with Gasteiger partial charge < -0.3 is 5.32 Å². The van der Waals surface area contributed by atoms with Gasteiger partial charge in [-0.05, 0) is 47.4 Å². The first-order chi connectivity index (χ1) is 11.8. The van der Waals surface area contributed by atoms with Gasteiger partial charge in [-0.15, -0.1) is 11.3 Å². The topological polar surface area (TPSA) is 54.9 Å². The lowest BCUT2D eigenvalue weighted by atomic mass is 10.00. The van der Waals surface area contributed by atoms with Crippen molar-refractivity contribution < 1.29 is 4.79 Å². The summed E-state index contributed by atoms with van der Waals surface area (Å²) in [7, 11) is 0. The Labute approximate surface area is 144 Å². The molecule has 1 N–H and O–H groups in total. The summed E-state index contributed by atoms with van der Waals surface area (Å²) in [6, 6.07) is 10.5. The number of carbonyl (C=O) groups excluding carboxylic acids is 1. The Morgan fingerprint density at radius 2 is 2.08 bits per heavy atom. The summed E-state index contributed by atoms with van der Waals surface area (Å²) in [5.41, 5.74) is 4.29. The third-order valence-corrected chi connectivity index (χ3v) is 5.29. The van der Waals surface area contributed by atoms with Crippen LogP contribution in [0.2, 0.25) is 0 Å². The largest absolute Gasteiger partial charge is 0.339 e. The molecule has 1 amide bonds. The van der Waals surface area contributed by atoms with Crippen LogP contribution in [-0.2, 0) is 12.8 Å². The molecule has 0 saturated carbocycles. The number of thiophene rings is 1. The predicted molar refractivity (Wildman–Crippen MR) is 94.1 cm³/mol. The van der Waals surface area contributed by atoms with E-state index in [0.29, 0.717) is 5.69 Å². The Morgan fingerprint density at radius 3 is 2.88 bits per heavy atom. The molecule has 1 atom stereocenters. The van der Waals surface area contributed by atoms with E-state index in [1.54, 1.807) is 17.5 Å². The molecule has 0 aliphatic heterocycles. The van der Waals surface area contributed by atoms with Gasteiger partial charge in [0.1, 0.15) is 5.69 Å². The molecule has 0 saturated heterocycles. The molecule has 0 bridgehead atoms. The van der Waals surface area contributed by atoms with E-state index in [0.717, 1.165) is 23.3 Å². The molecule has 1 aromatic carbocycles. The summed E-state index contributed by atoms with van der Waals surface area (Å²) in [5, 5.41) is 5.14. The summed E-state index contributed by atoms with van der Waals surface area (Å²) >= 11 is 1.65. The average Bonchev–Trinajstić information content (AvgIpc) is 3.31. The first-order valence-corrected chi connectivity index (χ1v) is 8.91. The SMILES string of the molecule is O=C(N[C@H](c1ccc2c(c1)CCC2)c1cccs1)c1cnccn1. The molecular formula is C19H17N3OS. The molecule has 0 unspecified atom stereocenters. The molecule has 0 fully saturated rings. The van der Waals surface area contributed by atoms with Gasteiger partial charge in [0, 0.05) is 17.3 Å². The third-order valence-electron chi connectivity index (χ3n) is 4.35. The quantitative estimate of drug-likeness (QED) is 0.793. The lowest BCUT2D eigenvalue weighted by Crippen LogP contribution is -2.29. The minimum Gasteiger partial charge on any atom is -0.339 e. The van der Waals surface area contributed by atoms with Gasteiger partial charge in [0.25, 0.3) is 5.91 Å². The molecule has 5 heteroatoms. The molecule has 0 spiro atoms. The van der Waals surface area contributed by atoms with Crippen LogP contribution in [0.25, 0.3) is 0 Å². The van der Waals surface area contributed by atoms with Crippen molar-refractivity contribution >= 4 is 17.2 Å². The van der Waals surface area contributed by atoms with Crippen molar-refractivity contribution in [1.29, 1.82) is 0 Å². The number of nitrogens with one attached hydrogen (secondary N) is 1. The molecular weight excluding hydrogens is 318 g/mol. The second-order valence-corrected chi connectivity index (χ2v) is 6.87. The number of fused-ring (bicyclic) bond motifs is 1. The van der Waals surface area contributed by atoms with Gasteiger partial charge in [-0.2, -0.15) is 0 Å². The van der Waals surface area contributed by atoms with E-state index in [1.807, 2.05) is 11.4 Å². The molecule has 4 rings (SSSR count). The standard InChI is InChI=1S/C19H17N3OS/c23-19(16-12-20-8-9-21-16)22-18(17-5-2-10-24-17)15-7-6-13-3-1-4-14(13)11-15/h2,5-12,18H,1,3-4H2,(H,22,23)/t18-/m1/s1. The van der Waals surface area contributed by atoms with Gasteiger partial charge >= 0.3 is 0 Å². The molecule has 1 aliphatic carbocycles. The minimum absolute atomic E-state index is 0.162. The highest BCUT2D eigenvalue weighted by atomic mass is 32.1. The third kappa shape index (κ3) is 2.95. The molecule has 120 valence electrons. The van der Waals surface area contributed by atoms with Crippen molar-refractivity contribution in [2.45, 2.75) is 25.3 Å². The van der Waals surface area contributed by atoms with Gasteiger partial charge in [0.2, 0.25) is 0 Å². The van der Waals surface area contributed by atoms with E-state index in [-0.39, 0.29) is 11.9 Å². The highest BCUT2D eigenvalue weighted by Crippen LogP contribution is 2.30. The van der Waals surface area contributed by atoms with Crippen molar-refractivity contribution in [2.24, 2.45) is 0 Å². The lowest BCUT2D eigenvalue weighted by Gasteiger charge is -2.19. The number of rotatable bonds is 4. The Bertz CT molecular complexity index is 846. The maximum Gasteiger partial charge on any atom is 0.272 e. The summed E-state index contributed by atoms with van der Waals surface area (Å²) < 4.78 is 0. The number of benzene rings is 1. The van der Waals surface area contributed by atoms with Gasteiger partial charge in [-0.1, -0.05) is 24.3 Å². The summed E-state index contributed by atoms with van der Waals surface area (Å²) in [6.45, 7) is 0. The van der Waals surface area contributed by atoms with Crippen molar-refractivity contribution in [3.8, 4) is 0 Å². The number of hydrogen-bond donors (Lipinski definition) is 1. The zero-order chi connectivity index (χ0) is 16.4. The smallest absolute Gasteiger partial charge is 0.272 e. The van der Waals surface area contributed by atoms with Gasteiger partial charge in [0.15, 0.2) is 0 Å². The normalized spacial score (nSPS) is 14.2. The number of amides is 1. The summed E-state index contributed by atoms with van der Waals surface area (Å²) in [4.78, 5) is 21.7. The second-order valence-electron chi connectivity index (χ2n) is 5.89. The fraction of sp³-hybridized carbons (Fsp3) is 0.211. The summed E-state index contributed by atoms with van der Waals surface area (Å²) in [5.74, 6) is -0.206. The first-order valence-electron chi connectivity index (χ1n) is 8.03. The Kier molecular flexibility index (Phi) is 4.09. The van der Waals surface area contributed by atoms with Crippen molar-refractivity contribution in [3.05, 3.63) is 81.6 Å². The van der Waals surface area contributed by atoms with Crippen LogP contribution >= 0.6 is 11.3 Å². The van der Waals surface area contributed by atoms with Crippen LogP contribution in [0.1, 0.15) is 44.5 Å². The molecule has 2 aromatic heterocycles. The molecule has 2 heterocycles. The van der Waals surface area contributed by atoms with Crippen LogP contribution in [-0.4, -0.2) is 15.9 Å². The number of hydrogen-bond acceptors (Lipinski definition) is 4. The van der Waals surface area contributed by atoms with Crippen LogP contribution in [0, 0.1) is 0 Å². The van der Waals surface area contributed by atoms with E-state index >= 15 is 0 Å². The van der Waals surface area contributed by atoms with Crippen molar-refractivity contribution in [1.82, 2.24) is 15.3 Å². The molecule has 24 heavy (non-hydrogen) atoms. The number of aryl methyl sites for hydroxylation is 2. The van der Waals surface area contributed by atoms with E-state index in [9.17, 15) is 4.79 Å². The molecule has 4 nitrogen and oxygen atoms in total. The van der Waals surface area contributed by atoms with Crippen molar-refractivity contribution in [2.75, 3.05) is 0 Å². The van der Waals surface area contributed by atoms with Gasteiger partial charge in [-0.3, -0.25) is 9.78 Å². The Balaban J connectivity index is 1.67. The van der Waals surface area contributed by atoms with E-state index in [4.69, 9.17) is 0 Å². The Hall–Kier alpha value is -2.53. The predicted octanol–water partition coefficient (Wildman–Crippen LogP) is 3.55. The van der Waals surface area contributed by atoms with Crippen molar-refractivity contribution in [3.63, 3.8) is 0 Å². The first kappa shape index (κ1) is 15.0. The van der Waals surface area contributed by atoms with Crippen LogP contribution in [0.4, 0.5) is 0 Å². The zero-order valence-corrected chi connectivity index (χ0v) is 13.9. The lowest BCUT2D eigenvalue weighted by molar-refractivity contribution is 0.0938. The number of carbonyl (C=O) groups is 1. The zero-order valence-electron chi connectivity index (χ0n) is 13.1. The molecule has 3 aromatic rings. The highest BCUT2D eigenvalue weighted by Gasteiger charge is 2.21. The van der Waals surface area contributed by atoms with Gasteiger partial charge in [0.05, 0.1) is 12.2 Å². The van der Waals surface area contributed by atoms with E-state index < -0.39 is 0 Å². The van der Waals surface area contributed by atoms with Crippen LogP contribution < -0.4 is 5.32 Å². The Morgan fingerprint density at radius 1 is 1.17 bits per heavy atom. The average molecular weight is 335 g/mol. The fourth-order valence-corrected chi connectivity index (χ4v) is 3.97. The number of aromatic nitrogens is 2. The van der Waals surface area contributed by atoms with E-state index in [2.05, 4.69) is 39.6 Å². The maximum absolute atomic E-state index is 12.5. The monoisotopic (exact) mass is 335 g/mol. The molecule has 0 radical (unpaired) electrons. The fourth-order valence-electron chi connectivity index (χ4n) is 3.17. The maximum atomic E-state index is 12.5.